The Kier molecular flexibility index (Phi) is 4.56. The number of nitrogens with two attached hydrogens (primary N) is 2. The van der Waals surface area contributed by atoms with E-state index < -0.39 is 11.9 Å². The van der Waals surface area contributed by atoms with Crippen LogP contribution < -0.4 is 16.4 Å². The third-order valence-corrected chi connectivity index (χ3v) is 5.40. The molecule has 0 bridgehead atoms. The lowest BCUT2D eigenvalue weighted by molar-refractivity contribution is 0.100. The van der Waals surface area contributed by atoms with Gasteiger partial charge in [-0.15, -0.1) is 0 Å². The fourth-order valence-corrected chi connectivity index (χ4v) is 3.94. The van der Waals surface area contributed by atoms with Gasteiger partial charge in [-0.2, -0.15) is 0 Å². The van der Waals surface area contributed by atoms with E-state index in [1.54, 1.807) is 12.1 Å². The van der Waals surface area contributed by atoms with Crippen LogP contribution in [0.25, 0.3) is 11.3 Å². The van der Waals surface area contributed by atoms with Crippen LogP contribution in [0.5, 0.6) is 0 Å². The molecule has 0 saturated carbocycles. The lowest BCUT2D eigenvalue weighted by Crippen LogP contribution is -2.37. The Bertz CT molecular complexity index is 983. The first kappa shape index (κ1) is 18.1. The predicted octanol–water partition coefficient (Wildman–Crippen LogP) is 0.774. The summed E-state index contributed by atoms with van der Waals surface area (Å²) in [5.74, 6) is 0.0252. The Morgan fingerprint density at radius 3 is 2.68 bits per heavy atom. The highest BCUT2D eigenvalue weighted by atomic mass is 16.3. The molecule has 0 spiro atoms. The summed E-state index contributed by atoms with van der Waals surface area (Å²) in [5, 5.41) is 17.4. The lowest BCUT2D eigenvalue weighted by Gasteiger charge is -2.25. The summed E-state index contributed by atoms with van der Waals surface area (Å²) in [5.41, 5.74) is 16.8. The van der Waals surface area contributed by atoms with E-state index in [0.29, 0.717) is 29.3 Å². The summed E-state index contributed by atoms with van der Waals surface area (Å²) in [6.45, 7) is 0.198. The van der Waals surface area contributed by atoms with Crippen LogP contribution in [-0.2, 0) is 12.8 Å². The van der Waals surface area contributed by atoms with E-state index in [1.165, 1.54) is 6.21 Å². The summed E-state index contributed by atoms with van der Waals surface area (Å²) >= 11 is 0. The molecule has 0 saturated heterocycles. The highest BCUT2D eigenvalue weighted by Crippen LogP contribution is 2.34. The van der Waals surface area contributed by atoms with Crippen molar-refractivity contribution < 1.29 is 9.90 Å². The van der Waals surface area contributed by atoms with Crippen LogP contribution in [-0.4, -0.2) is 46.4 Å². The zero-order valence-corrected chi connectivity index (χ0v) is 15.4. The van der Waals surface area contributed by atoms with Crippen molar-refractivity contribution in [1.29, 1.82) is 5.41 Å². The quantitative estimate of drug-likeness (QED) is 0.566. The molecule has 28 heavy (non-hydrogen) atoms. The van der Waals surface area contributed by atoms with Gasteiger partial charge in [-0.05, 0) is 31.4 Å². The number of rotatable bonds is 5. The van der Waals surface area contributed by atoms with Crippen LogP contribution >= 0.6 is 0 Å². The first-order valence-electron chi connectivity index (χ1n) is 9.20. The molecule has 0 fully saturated rings. The molecule has 1 unspecified atom stereocenters. The van der Waals surface area contributed by atoms with Crippen molar-refractivity contribution in [3.8, 4) is 11.3 Å². The Morgan fingerprint density at radius 2 is 2.04 bits per heavy atom. The summed E-state index contributed by atoms with van der Waals surface area (Å²) in [6.07, 6.45) is 3.97. The number of anilines is 1. The number of aryl methyl sites for hydroxylation is 1. The SMILES string of the molecule is N=CC1=C(N)CN(c2nc3c(c(-c4ccc(C(N)=O)cc4)n2)CCC3)C1CO. The summed E-state index contributed by atoms with van der Waals surface area (Å²) < 4.78 is 0. The standard InChI is InChI=1S/C20H22N6O2/c21-8-14-15(22)9-26(17(14)10-27)20-24-16-3-1-2-13(16)18(25-20)11-4-6-12(7-5-11)19(23)28/h4-8,17,21,27H,1-3,9-10,22H2,(H2,23,28). The molecule has 2 aliphatic rings. The molecular weight excluding hydrogens is 356 g/mol. The van der Waals surface area contributed by atoms with Gasteiger partial charge < -0.3 is 26.9 Å². The average Bonchev–Trinajstić information content (AvgIpc) is 3.30. The fourth-order valence-electron chi connectivity index (χ4n) is 3.94. The molecule has 6 N–H and O–H groups in total. The van der Waals surface area contributed by atoms with Gasteiger partial charge in [0.2, 0.25) is 11.9 Å². The number of carbonyl (C=O) groups excluding carboxylic acids is 1. The van der Waals surface area contributed by atoms with Crippen LogP contribution in [0.1, 0.15) is 28.0 Å². The van der Waals surface area contributed by atoms with Gasteiger partial charge in [0.1, 0.15) is 0 Å². The normalized spacial score (nSPS) is 18.5. The maximum absolute atomic E-state index is 11.4. The summed E-state index contributed by atoms with van der Waals surface area (Å²) in [4.78, 5) is 22.7. The smallest absolute Gasteiger partial charge is 0.248 e. The van der Waals surface area contributed by atoms with E-state index >= 15 is 0 Å². The second-order valence-electron chi connectivity index (χ2n) is 7.04. The molecule has 8 heteroatoms. The zero-order chi connectivity index (χ0) is 19.8. The number of hydrogen-bond acceptors (Lipinski definition) is 7. The van der Waals surface area contributed by atoms with Gasteiger partial charge in [-0.25, -0.2) is 9.97 Å². The molecule has 4 rings (SSSR count). The van der Waals surface area contributed by atoms with Gasteiger partial charge in [0, 0.05) is 39.9 Å². The maximum Gasteiger partial charge on any atom is 0.248 e. The van der Waals surface area contributed by atoms with Crippen molar-refractivity contribution in [2.24, 2.45) is 11.5 Å². The third-order valence-electron chi connectivity index (χ3n) is 5.40. The molecule has 1 amide bonds. The number of fused-ring (bicyclic) bond motifs is 1. The van der Waals surface area contributed by atoms with Crippen molar-refractivity contribution in [2.75, 3.05) is 18.1 Å². The third kappa shape index (κ3) is 2.91. The number of nitrogens with zero attached hydrogens (tertiary/aromatic N) is 3. The molecule has 1 aliphatic heterocycles. The number of primary amides is 1. The van der Waals surface area contributed by atoms with E-state index in [9.17, 15) is 9.90 Å². The molecule has 2 aromatic rings. The van der Waals surface area contributed by atoms with Crippen molar-refractivity contribution in [1.82, 2.24) is 9.97 Å². The molecule has 2 heterocycles. The van der Waals surface area contributed by atoms with Crippen molar-refractivity contribution in [3.05, 3.63) is 52.4 Å². The number of carbonyl (C=O) groups is 1. The molecule has 144 valence electrons. The highest BCUT2D eigenvalue weighted by molar-refractivity contribution is 5.93. The number of benzene rings is 1. The largest absolute Gasteiger partial charge is 0.400 e. The Morgan fingerprint density at radius 1 is 1.29 bits per heavy atom. The van der Waals surface area contributed by atoms with Crippen LogP contribution in [0.2, 0.25) is 0 Å². The second kappa shape index (κ2) is 7.05. The van der Waals surface area contributed by atoms with E-state index in [4.69, 9.17) is 26.8 Å². The minimum atomic E-state index is -0.469. The molecule has 1 aromatic heterocycles. The van der Waals surface area contributed by atoms with Crippen LogP contribution in [0, 0.1) is 5.41 Å². The number of aromatic nitrogens is 2. The Balaban J connectivity index is 1.78. The van der Waals surface area contributed by atoms with Crippen LogP contribution in [0.15, 0.2) is 35.5 Å². The molecule has 1 aromatic carbocycles. The first-order valence-corrected chi connectivity index (χ1v) is 9.20. The Hall–Kier alpha value is -3.26. The first-order chi connectivity index (χ1) is 13.5. The van der Waals surface area contributed by atoms with Crippen molar-refractivity contribution >= 4 is 18.1 Å². The zero-order valence-electron chi connectivity index (χ0n) is 15.4. The van der Waals surface area contributed by atoms with Gasteiger partial charge in [0.15, 0.2) is 0 Å². The van der Waals surface area contributed by atoms with Crippen molar-refractivity contribution in [2.45, 2.75) is 25.3 Å². The van der Waals surface area contributed by atoms with Gasteiger partial charge in [0.25, 0.3) is 0 Å². The summed E-state index contributed by atoms with van der Waals surface area (Å²) in [7, 11) is 0. The number of aliphatic hydroxyl groups excluding tert-OH is 1. The average molecular weight is 378 g/mol. The van der Waals surface area contributed by atoms with Crippen LogP contribution in [0.3, 0.4) is 0 Å². The summed E-state index contributed by atoms with van der Waals surface area (Å²) in [6, 6.07) is 6.64. The predicted molar refractivity (Wildman–Crippen MR) is 106 cm³/mol. The maximum atomic E-state index is 11.4. The van der Waals surface area contributed by atoms with Gasteiger partial charge in [-0.1, -0.05) is 12.1 Å². The number of amides is 1. The number of nitrogens with one attached hydrogen (secondary N) is 1. The molecule has 0 radical (unpaired) electrons. The van der Waals surface area contributed by atoms with Gasteiger partial charge in [0.05, 0.1) is 24.9 Å². The molecule has 1 aliphatic carbocycles. The van der Waals surface area contributed by atoms with E-state index in [2.05, 4.69) is 0 Å². The molecular formula is C20H22N6O2. The number of hydrogen-bond donors (Lipinski definition) is 4. The highest BCUT2D eigenvalue weighted by Gasteiger charge is 2.33. The Labute approximate surface area is 162 Å². The minimum Gasteiger partial charge on any atom is -0.400 e. The van der Waals surface area contributed by atoms with E-state index in [0.717, 1.165) is 41.8 Å². The topological polar surface area (TPSA) is 142 Å². The second-order valence-corrected chi connectivity index (χ2v) is 7.04. The van der Waals surface area contributed by atoms with E-state index in [-0.39, 0.29) is 6.61 Å². The lowest BCUT2D eigenvalue weighted by atomic mass is 10.0. The monoisotopic (exact) mass is 378 g/mol. The molecule has 8 nitrogen and oxygen atoms in total. The van der Waals surface area contributed by atoms with Crippen molar-refractivity contribution in [3.63, 3.8) is 0 Å². The number of aliphatic hydroxyl groups is 1. The van der Waals surface area contributed by atoms with Gasteiger partial charge in [-0.3, -0.25) is 4.79 Å². The minimum absolute atomic E-state index is 0.172. The molecule has 1 atom stereocenters. The fraction of sp³-hybridized carbons (Fsp3) is 0.300. The van der Waals surface area contributed by atoms with Gasteiger partial charge >= 0.3 is 0 Å². The van der Waals surface area contributed by atoms with E-state index in [1.807, 2.05) is 17.0 Å². The van der Waals surface area contributed by atoms with Crippen LogP contribution in [0.4, 0.5) is 5.95 Å².